The van der Waals surface area contributed by atoms with Crippen LogP contribution in [0, 0.1) is 0 Å². The Morgan fingerprint density at radius 3 is 1.87 bits per heavy atom. The number of carbonyl (C=O) groups is 1. The molecule has 0 fully saturated rings. The molecule has 0 aliphatic carbocycles. The van der Waals surface area contributed by atoms with E-state index in [1.54, 1.807) is 18.2 Å². The number of rotatable bonds is 6. The van der Waals surface area contributed by atoms with Crippen LogP contribution in [0.5, 0.6) is 0 Å². The lowest BCUT2D eigenvalue weighted by Gasteiger charge is -1.79. The Kier molecular flexibility index (Phi) is 9.00. The average molecular weight is 204 g/mol. The number of allylic oxidation sites excluding steroid dienone is 9. The summed E-state index contributed by atoms with van der Waals surface area (Å²) in [6.45, 7) is 1.96. The van der Waals surface area contributed by atoms with Gasteiger partial charge in [0.2, 0.25) is 0 Å². The molecule has 0 heterocycles. The molecule has 0 amide bonds. The number of carboxylic acids is 1. The molecule has 0 aromatic carbocycles. The Bertz CT molecular complexity index is 304. The lowest BCUT2D eigenvalue weighted by molar-refractivity contribution is -0.135. The monoisotopic (exact) mass is 204 g/mol. The molecular formula is C13H16O2. The van der Waals surface area contributed by atoms with Crippen LogP contribution in [-0.4, -0.2) is 11.1 Å². The molecular weight excluding hydrogens is 188 g/mol. The Labute approximate surface area is 90.6 Å². The first kappa shape index (κ1) is 13.2. The van der Waals surface area contributed by atoms with Gasteiger partial charge in [-0.2, -0.15) is 0 Å². The Morgan fingerprint density at radius 1 is 0.933 bits per heavy atom. The van der Waals surface area contributed by atoms with Gasteiger partial charge in [-0.25, -0.2) is 0 Å². The summed E-state index contributed by atoms with van der Waals surface area (Å²) in [5.41, 5.74) is 0. The van der Waals surface area contributed by atoms with Crippen LogP contribution in [0.15, 0.2) is 60.8 Å². The molecule has 80 valence electrons. The zero-order valence-corrected chi connectivity index (χ0v) is 8.84. The Morgan fingerprint density at radius 2 is 1.40 bits per heavy atom. The normalized spacial score (nSPS) is 13.1. The van der Waals surface area contributed by atoms with Crippen molar-refractivity contribution in [2.75, 3.05) is 0 Å². The summed E-state index contributed by atoms with van der Waals surface area (Å²) in [6, 6.07) is 0. The zero-order valence-electron chi connectivity index (χ0n) is 8.84. The predicted molar refractivity (Wildman–Crippen MR) is 63.6 cm³/mol. The summed E-state index contributed by atoms with van der Waals surface area (Å²) in [5, 5.41) is 8.33. The minimum Gasteiger partial charge on any atom is -0.481 e. The van der Waals surface area contributed by atoms with Crippen molar-refractivity contribution in [3.8, 4) is 0 Å². The van der Waals surface area contributed by atoms with E-state index in [9.17, 15) is 4.79 Å². The third-order valence-corrected chi connectivity index (χ3v) is 1.40. The molecule has 15 heavy (non-hydrogen) atoms. The van der Waals surface area contributed by atoms with Crippen LogP contribution >= 0.6 is 0 Å². The lowest BCUT2D eigenvalue weighted by Crippen LogP contribution is -1.89. The summed E-state index contributed by atoms with van der Waals surface area (Å²) < 4.78 is 0. The molecule has 0 unspecified atom stereocenters. The van der Waals surface area contributed by atoms with Crippen molar-refractivity contribution >= 4 is 5.97 Å². The second-order valence-electron chi connectivity index (χ2n) is 2.71. The van der Waals surface area contributed by atoms with Gasteiger partial charge < -0.3 is 5.11 Å². The van der Waals surface area contributed by atoms with Crippen LogP contribution < -0.4 is 0 Å². The standard InChI is InChI=1S/C13H16O2/c1-2-3-4-5-6-7-8-9-10-11-12-13(14)15/h2-11H,12H2,1H3,(H,14,15)/b3-2+,5-4+,7-6+,9-8+,11-10+. The first-order valence-corrected chi connectivity index (χ1v) is 4.77. The van der Waals surface area contributed by atoms with E-state index in [-0.39, 0.29) is 6.42 Å². The second-order valence-corrected chi connectivity index (χ2v) is 2.71. The molecule has 0 aliphatic heterocycles. The largest absolute Gasteiger partial charge is 0.481 e. The average Bonchev–Trinajstić information content (AvgIpc) is 2.20. The van der Waals surface area contributed by atoms with Crippen molar-refractivity contribution in [1.29, 1.82) is 0 Å². The van der Waals surface area contributed by atoms with Gasteiger partial charge in [0.1, 0.15) is 0 Å². The smallest absolute Gasteiger partial charge is 0.307 e. The zero-order chi connectivity index (χ0) is 11.4. The van der Waals surface area contributed by atoms with Gasteiger partial charge in [-0.1, -0.05) is 60.8 Å². The number of hydrogen-bond donors (Lipinski definition) is 1. The number of hydrogen-bond acceptors (Lipinski definition) is 1. The molecule has 0 aromatic heterocycles. The van der Waals surface area contributed by atoms with Gasteiger partial charge in [-0.05, 0) is 6.92 Å². The molecule has 0 bridgehead atoms. The fraction of sp³-hybridized carbons (Fsp3) is 0.154. The quantitative estimate of drug-likeness (QED) is 0.674. The summed E-state index contributed by atoms with van der Waals surface area (Å²) in [6.07, 6.45) is 18.6. The van der Waals surface area contributed by atoms with E-state index in [1.807, 2.05) is 49.5 Å². The molecule has 2 heteroatoms. The van der Waals surface area contributed by atoms with Crippen LogP contribution in [-0.2, 0) is 4.79 Å². The maximum absolute atomic E-state index is 10.1. The van der Waals surface area contributed by atoms with Gasteiger partial charge in [-0.3, -0.25) is 4.79 Å². The van der Waals surface area contributed by atoms with Crippen molar-refractivity contribution in [3.05, 3.63) is 60.8 Å². The molecule has 0 aliphatic rings. The molecule has 2 nitrogen and oxygen atoms in total. The SMILES string of the molecule is C/C=C/C=C/C=C/C=C/C=C/CC(=O)O. The fourth-order valence-electron chi connectivity index (χ4n) is 0.743. The molecule has 0 aromatic rings. The summed E-state index contributed by atoms with van der Waals surface area (Å²) in [7, 11) is 0. The van der Waals surface area contributed by atoms with Crippen molar-refractivity contribution in [1.82, 2.24) is 0 Å². The minimum atomic E-state index is -0.815. The van der Waals surface area contributed by atoms with Crippen LogP contribution in [0.1, 0.15) is 13.3 Å². The third kappa shape index (κ3) is 12.2. The van der Waals surface area contributed by atoms with Crippen LogP contribution in [0.25, 0.3) is 0 Å². The van der Waals surface area contributed by atoms with Gasteiger partial charge in [-0.15, -0.1) is 0 Å². The van der Waals surface area contributed by atoms with Crippen molar-refractivity contribution in [3.63, 3.8) is 0 Å². The highest BCUT2D eigenvalue weighted by molar-refractivity contribution is 5.68. The highest BCUT2D eigenvalue weighted by Gasteiger charge is 1.86. The predicted octanol–water partition coefficient (Wildman–Crippen LogP) is 3.26. The molecule has 0 saturated heterocycles. The van der Waals surface area contributed by atoms with Gasteiger partial charge in [0.25, 0.3) is 0 Å². The molecule has 0 radical (unpaired) electrons. The molecule has 0 rings (SSSR count). The highest BCUT2D eigenvalue weighted by atomic mass is 16.4. The van der Waals surface area contributed by atoms with E-state index in [0.29, 0.717) is 0 Å². The molecule has 0 saturated carbocycles. The van der Waals surface area contributed by atoms with Gasteiger partial charge >= 0.3 is 5.97 Å². The van der Waals surface area contributed by atoms with E-state index in [1.165, 1.54) is 0 Å². The molecule has 1 N–H and O–H groups in total. The van der Waals surface area contributed by atoms with Crippen LogP contribution in [0.2, 0.25) is 0 Å². The fourth-order valence-corrected chi connectivity index (χ4v) is 0.743. The minimum absolute atomic E-state index is 0.0647. The van der Waals surface area contributed by atoms with Crippen molar-refractivity contribution in [2.24, 2.45) is 0 Å². The van der Waals surface area contributed by atoms with Gasteiger partial charge in [0.05, 0.1) is 6.42 Å². The summed E-state index contributed by atoms with van der Waals surface area (Å²) in [5.74, 6) is -0.815. The van der Waals surface area contributed by atoms with E-state index in [4.69, 9.17) is 5.11 Å². The second kappa shape index (κ2) is 10.3. The van der Waals surface area contributed by atoms with Gasteiger partial charge in [0, 0.05) is 0 Å². The van der Waals surface area contributed by atoms with E-state index in [0.717, 1.165) is 0 Å². The first-order chi connectivity index (χ1) is 7.27. The topological polar surface area (TPSA) is 37.3 Å². The third-order valence-electron chi connectivity index (χ3n) is 1.40. The van der Waals surface area contributed by atoms with Crippen molar-refractivity contribution in [2.45, 2.75) is 13.3 Å². The maximum atomic E-state index is 10.1. The lowest BCUT2D eigenvalue weighted by atomic mass is 10.3. The molecule has 0 atom stereocenters. The van der Waals surface area contributed by atoms with E-state index in [2.05, 4.69) is 0 Å². The highest BCUT2D eigenvalue weighted by Crippen LogP contribution is 1.86. The van der Waals surface area contributed by atoms with Crippen molar-refractivity contribution < 1.29 is 9.90 Å². The van der Waals surface area contributed by atoms with Crippen LogP contribution in [0.3, 0.4) is 0 Å². The van der Waals surface area contributed by atoms with Gasteiger partial charge in [0.15, 0.2) is 0 Å². The van der Waals surface area contributed by atoms with E-state index >= 15 is 0 Å². The maximum Gasteiger partial charge on any atom is 0.307 e. The summed E-state index contributed by atoms with van der Waals surface area (Å²) in [4.78, 5) is 10.1. The summed E-state index contributed by atoms with van der Waals surface area (Å²) >= 11 is 0. The van der Waals surface area contributed by atoms with Crippen LogP contribution in [0.4, 0.5) is 0 Å². The Hall–Kier alpha value is -1.83. The number of aliphatic carboxylic acids is 1. The number of carboxylic acid groups (broad SMARTS) is 1. The van der Waals surface area contributed by atoms with E-state index < -0.39 is 5.97 Å². The molecule has 0 spiro atoms. The Balaban J connectivity index is 3.70. The first-order valence-electron chi connectivity index (χ1n) is 4.77.